The van der Waals surface area contributed by atoms with Crippen molar-refractivity contribution in [2.75, 3.05) is 40.9 Å². The topological polar surface area (TPSA) is 108 Å². The highest BCUT2D eigenvalue weighted by atomic mass is 31.2. The van der Waals surface area contributed by atoms with Crippen molar-refractivity contribution >= 4 is 13.7 Å². The number of carbonyl (C=O) groups excluding carboxylic acids is 1. The van der Waals surface area contributed by atoms with Crippen LogP contribution in [0.15, 0.2) is 48.6 Å². The summed E-state index contributed by atoms with van der Waals surface area (Å²) in [6.45, 7) is 4.54. The van der Waals surface area contributed by atoms with Gasteiger partial charge in [0.2, 0.25) is 5.91 Å². The minimum Gasteiger partial charge on any atom is -0.756 e. The second kappa shape index (κ2) is 34.2. The molecule has 0 saturated carbocycles. The van der Waals surface area contributed by atoms with Gasteiger partial charge < -0.3 is 28.8 Å². The summed E-state index contributed by atoms with van der Waals surface area (Å²) in [4.78, 5) is 25.1. The molecule has 0 heterocycles. The number of unbranched alkanes of at least 4 members (excludes halogenated alkanes) is 17. The molecular weight excluding hydrogens is 659 g/mol. The lowest BCUT2D eigenvalue weighted by Crippen LogP contribution is -2.45. The summed E-state index contributed by atoms with van der Waals surface area (Å²) in [5, 5.41) is 13.7. The number of likely N-dealkylation sites (N-methyl/N-ethyl adjacent to an activating group) is 1. The molecule has 0 bridgehead atoms. The van der Waals surface area contributed by atoms with Gasteiger partial charge in [-0.05, 0) is 51.4 Å². The van der Waals surface area contributed by atoms with E-state index >= 15 is 0 Å². The predicted molar refractivity (Wildman–Crippen MR) is 214 cm³/mol. The van der Waals surface area contributed by atoms with Crippen molar-refractivity contribution in [1.29, 1.82) is 0 Å². The molecular formula is C42H79N2O6P. The molecule has 9 heteroatoms. The van der Waals surface area contributed by atoms with E-state index in [1.165, 1.54) is 103 Å². The summed E-state index contributed by atoms with van der Waals surface area (Å²) in [6, 6.07) is -0.932. The zero-order valence-corrected chi connectivity index (χ0v) is 34.4. The first kappa shape index (κ1) is 49.5. The van der Waals surface area contributed by atoms with E-state index < -0.39 is 26.6 Å². The van der Waals surface area contributed by atoms with Crippen molar-refractivity contribution in [3.8, 4) is 0 Å². The molecule has 8 nitrogen and oxygen atoms in total. The summed E-state index contributed by atoms with van der Waals surface area (Å²) < 4.78 is 23.1. The molecule has 298 valence electrons. The van der Waals surface area contributed by atoms with Gasteiger partial charge in [-0.25, -0.2) is 0 Å². The number of amides is 1. The SMILES string of the molecule is CCCCCCCC/C=C\C/C=C\CCC(=O)NC(COP(=O)([O-])OCC[N+](C)(C)C)C(O)/C=C/CC/C=C/CCCCCCCCCCCC. The van der Waals surface area contributed by atoms with E-state index in [1.807, 2.05) is 33.3 Å². The molecule has 0 aliphatic carbocycles. The lowest BCUT2D eigenvalue weighted by atomic mass is 10.1. The van der Waals surface area contributed by atoms with Crippen LogP contribution >= 0.6 is 7.82 Å². The highest BCUT2D eigenvalue weighted by molar-refractivity contribution is 7.45. The van der Waals surface area contributed by atoms with E-state index in [2.05, 4.69) is 49.5 Å². The Morgan fingerprint density at radius 2 is 1.16 bits per heavy atom. The van der Waals surface area contributed by atoms with Gasteiger partial charge in [0.05, 0.1) is 39.9 Å². The second-order valence-electron chi connectivity index (χ2n) is 15.0. The van der Waals surface area contributed by atoms with Gasteiger partial charge in [-0.15, -0.1) is 0 Å². The van der Waals surface area contributed by atoms with Crippen LogP contribution in [0.2, 0.25) is 0 Å². The van der Waals surface area contributed by atoms with E-state index in [4.69, 9.17) is 9.05 Å². The summed E-state index contributed by atoms with van der Waals surface area (Å²) in [7, 11) is 1.21. The number of hydrogen-bond acceptors (Lipinski definition) is 6. The van der Waals surface area contributed by atoms with Crippen LogP contribution in [0.1, 0.15) is 162 Å². The molecule has 0 saturated heterocycles. The van der Waals surface area contributed by atoms with Crippen molar-refractivity contribution in [3.63, 3.8) is 0 Å². The van der Waals surface area contributed by atoms with E-state index in [-0.39, 0.29) is 18.9 Å². The fraction of sp³-hybridized carbons (Fsp3) is 0.786. The first-order chi connectivity index (χ1) is 24.5. The molecule has 0 rings (SSSR count). The number of phosphoric acid groups is 1. The standard InChI is InChI=1S/C42H79N2O6P/c1-6-8-10-12-14-16-18-20-21-22-24-25-27-29-31-33-35-41(45)40(39-50-51(47,48)49-38-37-44(3,4)5)43-42(46)36-34-32-30-28-26-23-19-17-15-13-11-9-7-2/h23,25-27,30,32-33,35,40-41,45H,6-22,24,28-29,31,34,36-39H2,1-5H3,(H-,43,46,47,48)/b26-23-,27-25+,32-30-,35-33+. The van der Waals surface area contributed by atoms with E-state index in [0.29, 0.717) is 17.4 Å². The monoisotopic (exact) mass is 739 g/mol. The van der Waals surface area contributed by atoms with Gasteiger partial charge in [0.25, 0.3) is 7.82 Å². The number of rotatable bonds is 36. The molecule has 0 aromatic rings. The smallest absolute Gasteiger partial charge is 0.268 e. The molecule has 0 aromatic heterocycles. The number of aliphatic hydroxyl groups is 1. The zero-order valence-electron chi connectivity index (χ0n) is 33.5. The zero-order chi connectivity index (χ0) is 37.9. The Hall–Kier alpha value is -1.54. The molecule has 51 heavy (non-hydrogen) atoms. The molecule has 0 aromatic carbocycles. The van der Waals surface area contributed by atoms with Crippen LogP contribution in [0.3, 0.4) is 0 Å². The molecule has 0 radical (unpaired) electrons. The van der Waals surface area contributed by atoms with Crippen LogP contribution in [0.5, 0.6) is 0 Å². The van der Waals surface area contributed by atoms with E-state index in [9.17, 15) is 19.4 Å². The molecule has 0 fully saturated rings. The lowest BCUT2D eigenvalue weighted by molar-refractivity contribution is -0.870. The van der Waals surface area contributed by atoms with Crippen molar-refractivity contribution in [2.24, 2.45) is 0 Å². The largest absolute Gasteiger partial charge is 0.756 e. The first-order valence-electron chi connectivity index (χ1n) is 20.5. The predicted octanol–water partition coefficient (Wildman–Crippen LogP) is 10.3. The molecule has 1 amide bonds. The lowest BCUT2D eigenvalue weighted by Gasteiger charge is -2.29. The van der Waals surface area contributed by atoms with E-state index in [0.717, 1.165) is 32.1 Å². The number of nitrogens with zero attached hydrogens (tertiary/aromatic N) is 1. The fourth-order valence-electron chi connectivity index (χ4n) is 5.45. The van der Waals surface area contributed by atoms with Gasteiger partial charge in [-0.3, -0.25) is 9.36 Å². The van der Waals surface area contributed by atoms with Crippen molar-refractivity contribution < 1.29 is 32.9 Å². The third-order valence-corrected chi connectivity index (χ3v) is 9.74. The van der Waals surface area contributed by atoms with Crippen molar-refractivity contribution in [2.45, 2.75) is 174 Å². The number of phosphoric ester groups is 1. The Morgan fingerprint density at radius 3 is 1.71 bits per heavy atom. The number of nitrogens with one attached hydrogen (secondary N) is 1. The molecule has 0 aliphatic heterocycles. The summed E-state index contributed by atoms with van der Waals surface area (Å²) >= 11 is 0. The Balaban J connectivity index is 4.64. The van der Waals surface area contributed by atoms with Gasteiger partial charge in [-0.1, -0.05) is 152 Å². The van der Waals surface area contributed by atoms with Crippen molar-refractivity contribution in [3.05, 3.63) is 48.6 Å². The maximum absolute atomic E-state index is 12.8. The fourth-order valence-corrected chi connectivity index (χ4v) is 6.17. The number of allylic oxidation sites excluding steroid dienone is 7. The first-order valence-corrected chi connectivity index (χ1v) is 22.0. The number of hydrogen-bond donors (Lipinski definition) is 2. The van der Waals surface area contributed by atoms with Crippen molar-refractivity contribution in [1.82, 2.24) is 5.32 Å². The van der Waals surface area contributed by atoms with Gasteiger partial charge >= 0.3 is 0 Å². The maximum atomic E-state index is 12.8. The minimum absolute atomic E-state index is 0.0168. The van der Waals surface area contributed by atoms with Gasteiger partial charge in [0.15, 0.2) is 0 Å². The maximum Gasteiger partial charge on any atom is 0.268 e. The van der Waals surface area contributed by atoms with Gasteiger partial charge in [0, 0.05) is 6.42 Å². The molecule has 3 atom stereocenters. The van der Waals surface area contributed by atoms with Crippen LogP contribution in [-0.2, 0) is 18.4 Å². The molecule has 0 aliphatic rings. The average Bonchev–Trinajstić information content (AvgIpc) is 3.07. The summed E-state index contributed by atoms with van der Waals surface area (Å²) in [5.74, 6) is -0.277. The molecule has 3 unspecified atom stereocenters. The van der Waals surface area contributed by atoms with Crippen LogP contribution in [0.25, 0.3) is 0 Å². The van der Waals surface area contributed by atoms with Crippen LogP contribution in [0.4, 0.5) is 0 Å². The number of carbonyl (C=O) groups is 1. The normalized spacial score (nSPS) is 15.0. The quantitative estimate of drug-likeness (QED) is 0.0287. The number of quaternary nitrogens is 1. The summed E-state index contributed by atoms with van der Waals surface area (Å²) in [5.41, 5.74) is 0. The van der Waals surface area contributed by atoms with Crippen LogP contribution in [-0.4, -0.2) is 68.5 Å². The average molecular weight is 739 g/mol. The minimum atomic E-state index is -4.60. The third-order valence-electron chi connectivity index (χ3n) is 8.77. The Morgan fingerprint density at radius 1 is 0.686 bits per heavy atom. The Bertz CT molecular complexity index is 975. The van der Waals surface area contributed by atoms with Crippen LogP contribution < -0.4 is 10.2 Å². The molecule has 0 spiro atoms. The third kappa shape index (κ3) is 36.6. The number of aliphatic hydroxyl groups excluding tert-OH is 1. The van der Waals surface area contributed by atoms with Gasteiger partial charge in [0.1, 0.15) is 13.2 Å². The van der Waals surface area contributed by atoms with Gasteiger partial charge in [-0.2, -0.15) is 0 Å². The highest BCUT2D eigenvalue weighted by Gasteiger charge is 2.23. The second-order valence-corrected chi connectivity index (χ2v) is 16.4. The molecule has 2 N–H and O–H groups in total. The highest BCUT2D eigenvalue weighted by Crippen LogP contribution is 2.38. The Kier molecular flexibility index (Phi) is 33.2. The van der Waals surface area contributed by atoms with Crippen LogP contribution in [0, 0.1) is 0 Å². The van der Waals surface area contributed by atoms with E-state index in [1.54, 1.807) is 6.08 Å². The Labute approximate surface area is 314 Å². The summed E-state index contributed by atoms with van der Waals surface area (Å²) in [6.07, 6.45) is 41.7.